The van der Waals surface area contributed by atoms with Gasteiger partial charge in [0, 0.05) is 5.69 Å². The molecule has 0 saturated carbocycles. The number of methoxy groups -OCH3 is 1. The van der Waals surface area contributed by atoms with Gasteiger partial charge >= 0.3 is 5.97 Å². The van der Waals surface area contributed by atoms with E-state index in [1.807, 2.05) is 31.2 Å². The number of nitrogens with zero attached hydrogens (tertiary/aromatic N) is 1. The maximum absolute atomic E-state index is 11.7. The van der Waals surface area contributed by atoms with Crippen LogP contribution in [0.5, 0.6) is 0 Å². The van der Waals surface area contributed by atoms with E-state index in [2.05, 4.69) is 10.1 Å². The Labute approximate surface area is 107 Å². The molecule has 1 N–H and O–H groups in total. The second-order valence-corrected chi connectivity index (χ2v) is 4.17. The highest BCUT2D eigenvalue weighted by Crippen LogP contribution is 2.09. The molecule has 0 aliphatic rings. The number of hydrogen-bond donors (Lipinski definition) is 1. The Bertz CT molecular complexity index is 432. The van der Waals surface area contributed by atoms with Gasteiger partial charge < -0.3 is 10.1 Å². The zero-order chi connectivity index (χ0) is 13.5. The number of amides is 1. The zero-order valence-corrected chi connectivity index (χ0v) is 10.9. The number of aryl methyl sites for hydroxylation is 1. The van der Waals surface area contributed by atoms with Gasteiger partial charge in [0.15, 0.2) is 0 Å². The third-order valence-electron chi connectivity index (χ3n) is 2.34. The van der Waals surface area contributed by atoms with Crippen molar-refractivity contribution in [2.45, 2.75) is 6.92 Å². The minimum absolute atomic E-state index is 0.0950. The lowest BCUT2D eigenvalue weighted by Crippen LogP contribution is -2.34. The van der Waals surface area contributed by atoms with Crippen molar-refractivity contribution in [1.82, 2.24) is 4.90 Å². The Morgan fingerprint density at radius 2 is 2.06 bits per heavy atom. The quantitative estimate of drug-likeness (QED) is 0.793. The number of esters is 1. The van der Waals surface area contributed by atoms with Gasteiger partial charge in [-0.2, -0.15) is 0 Å². The van der Waals surface area contributed by atoms with Crippen LogP contribution in [-0.2, 0) is 14.3 Å². The average molecular weight is 250 g/mol. The SMILES string of the molecule is COC(=O)CN(C)CC(=O)Nc1cccc(C)c1. The molecule has 5 nitrogen and oxygen atoms in total. The summed E-state index contributed by atoms with van der Waals surface area (Å²) in [6, 6.07) is 7.55. The van der Waals surface area contributed by atoms with E-state index in [1.54, 1.807) is 11.9 Å². The van der Waals surface area contributed by atoms with Crippen LogP contribution >= 0.6 is 0 Å². The molecule has 0 bridgehead atoms. The van der Waals surface area contributed by atoms with Gasteiger partial charge in [-0.15, -0.1) is 0 Å². The van der Waals surface area contributed by atoms with E-state index in [0.717, 1.165) is 11.3 Å². The highest BCUT2D eigenvalue weighted by Gasteiger charge is 2.10. The van der Waals surface area contributed by atoms with E-state index in [-0.39, 0.29) is 25.0 Å². The van der Waals surface area contributed by atoms with Gasteiger partial charge in [0.2, 0.25) is 5.91 Å². The molecule has 98 valence electrons. The highest BCUT2D eigenvalue weighted by molar-refractivity contribution is 5.92. The lowest BCUT2D eigenvalue weighted by molar-refractivity contribution is -0.141. The molecule has 0 spiro atoms. The molecule has 18 heavy (non-hydrogen) atoms. The molecule has 0 unspecified atom stereocenters. The van der Waals surface area contributed by atoms with Crippen LogP contribution in [0.2, 0.25) is 0 Å². The molecular formula is C13H18N2O3. The first-order valence-corrected chi connectivity index (χ1v) is 5.63. The number of likely N-dealkylation sites (N-methyl/N-ethyl adjacent to an activating group) is 1. The van der Waals surface area contributed by atoms with Crippen molar-refractivity contribution in [1.29, 1.82) is 0 Å². The van der Waals surface area contributed by atoms with Gasteiger partial charge in [-0.1, -0.05) is 12.1 Å². The Hall–Kier alpha value is -1.88. The molecule has 0 aliphatic carbocycles. The number of benzene rings is 1. The van der Waals surface area contributed by atoms with Crippen LogP contribution in [0.1, 0.15) is 5.56 Å². The lowest BCUT2D eigenvalue weighted by atomic mass is 10.2. The summed E-state index contributed by atoms with van der Waals surface area (Å²) in [5, 5.41) is 2.77. The maximum Gasteiger partial charge on any atom is 0.319 e. The number of ether oxygens (including phenoxy) is 1. The van der Waals surface area contributed by atoms with Crippen LogP contribution in [0.4, 0.5) is 5.69 Å². The van der Waals surface area contributed by atoms with Crippen molar-refractivity contribution < 1.29 is 14.3 Å². The second-order valence-electron chi connectivity index (χ2n) is 4.17. The van der Waals surface area contributed by atoms with Crippen LogP contribution in [-0.4, -0.2) is 44.0 Å². The molecule has 1 aromatic rings. The largest absolute Gasteiger partial charge is 0.468 e. The number of carbonyl (C=O) groups excluding carboxylic acids is 2. The minimum Gasteiger partial charge on any atom is -0.468 e. The predicted molar refractivity (Wildman–Crippen MR) is 69.3 cm³/mol. The van der Waals surface area contributed by atoms with Crippen LogP contribution < -0.4 is 5.32 Å². The van der Waals surface area contributed by atoms with Crippen molar-refractivity contribution in [3.05, 3.63) is 29.8 Å². The summed E-state index contributed by atoms with van der Waals surface area (Å²) in [5.41, 5.74) is 1.84. The lowest BCUT2D eigenvalue weighted by Gasteiger charge is -2.14. The summed E-state index contributed by atoms with van der Waals surface area (Å²) < 4.78 is 4.52. The van der Waals surface area contributed by atoms with Gasteiger partial charge in [-0.05, 0) is 31.7 Å². The molecule has 0 saturated heterocycles. The maximum atomic E-state index is 11.7. The molecule has 0 radical (unpaired) electrons. The Balaban J connectivity index is 2.44. The summed E-state index contributed by atoms with van der Waals surface area (Å²) in [6.45, 7) is 2.19. The van der Waals surface area contributed by atoms with E-state index >= 15 is 0 Å². The average Bonchev–Trinajstić information content (AvgIpc) is 2.28. The van der Waals surface area contributed by atoms with Crippen LogP contribution in [0, 0.1) is 6.92 Å². The van der Waals surface area contributed by atoms with E-state index < -0.39 is 0 Å². The standard InChI is InChI=1S/C13H18N2O3/c1-10-5-4-6-11(7-10)14-12(16)8-15(2)9-13(17)18-3/h4-7H,8-9H2,1-3H3,(H,14,16). The summed E-state index contributed by atoms with van der Waals surface area (Å²) in [7, 11) is 3.01. The topological polar surface area (TPSA) is 58.6 Å². The van der Waals surface area contributed by atoms with Crippen LogP contribution in [0.25, 0.3) is 0 Å². The van der Waals surface area contributed by atoms with Gasteiger partial charge in [0.25, 0.3) is 0 Å². The van der Waals surface area contributed by atoms with Crippen molar-refractivity contribution >= 4 is 17.6 Å². The molecule has 0 aromatic heterocycles. The van der Waals surface area contributed by atoms with Gasteiger partial charge in [0.05, 0.1) is 20.2 Å². The number of hydrogen-bond acceptors (Lipinski definition) is 4. The number of carbonyl (C=O) groups is 2. The minimum atomic E-state index is -0.360. The van der Waals surface area contributed by atoms with E-state index in [4.69, 9.17) is 0 Å². The number of rotatable bonds is 5. The summed E-state index contributed by atoms with van der Waals surface area (Å²) >= 11 is 0. The van der Waals surface area contributed by atoms with E-state index in [9.17, 15) is 9.59 Å². The number of nitrogens with one attached hydrogen (secondary N) is 1. The molecule has 0 aliphatic heterocycles. The van der Waals surface area contributed by atoms with Crippen molar-refractivity contribution in [2.75, 3.05) is 32.6 Å². The van der Waals surface area contributed by atoms with Crippen LogP contribution in [0.3, 0.4) is 0 Å². The first-order valence-electron chi connectivity index (χ1n) is 5.63. The second kappa shape index (κ2) is 6.76. The molecular weight excluding hydrogens is 232 g/mol. The Kier molecular flexibility index (Phi) is 5.32. The molecule has 1 aromatic carbocycles. The summed E-state index contributed by atoms with van der Waals surface area (Å²) in [5.74, 6) is -0.521. The Morgan fingerprint density at radius 3 is 2.67 bits per heavy atom. The molecule has 0 heterocycles. The van der Waals surface area contributed by atoms with Crippen molar-refractivity contribution in [3.63, 3.8) is 0 Å². The van der Waals surface area contributed by atoms with Gasteiger partial charge in [-0.25, -0.2) is 0 Å². The third-order valence-corrected chi connectivity index (χ3v) is 2.34. The smallest absolute Gasteiger partial charge is 0.319 e. The third kappa shape index (κ3) is 4.97. The van der Waals surface area contributed by atoms with Crippen molar-refractivity contribution in [2.24, 2.45) is 0 Å². The van der Waals surface area contributed by atoms with E-state index in [1.165, 1.54) is 7.11 Å². The van der Waals surface area contributed by atoms with Crippen LogP contribution in [0.15, 0.2) is 24.3 Å². The molecule has 0 fully saturated rings. The fourth-order valence-corrected chi connectivity index (χ4v) is 1.51. The monoisotopic (exact) mass is 250 g/mol. The van der Waals surface area contributed by atoms with Gasteiger partial charge in [-0.3, -0.25) is 14.5 Å². The Morgan fingerprint density at radius 1 is 1.33 bits per heavy atom. The predicted octanol–water partition coefficient (Wildman–Crippen LogP) is 1.04. The first-order chi connectivity index (χ1) is 8.51. The first kappa shape index (κ1) is 14.2. The summed E-state index contributed by atoms with van der Waals surface area (Å²) in [6.07, 6.45) is 0. The molecule has 0 atom stereocenters. The summed E-state index contributed by atoms with van der Waals surface area (Å²) in [4.78, 5) is 24.3. The van der Waals surface area contributed by atoms with Crippen molar-refractivity contribution in [3.8, 4) is 0 Å². The fraction of sp³-hybridized carbons (Fsp3) is 0.385. The molecule has 5 heteroatoms. The van der Waals surface area contributed by atoms with E-state index in [0.29, 0.717) is 0 Å². The highest BCUT2D eigenvalue weighted by atomic mass is 16.5. The molecule has 1 amide bonds. The van der Waals surface area contributed by atoms with Gasteiger partial charge in [0.1, 0.15) is 0 Å². The molecule has 1 rings (SSSR count). The zero-order valence-electron chi connectivity index (χ0n) is 10.9. The normalized spacial score (nSPS) is 10.2. The fourth-order valence-electron chi connectivity index (χ4n) is 1.51. The number of anilines is 1.